The van der Waals surface area contributed by atoms with Crippen LogP contribution in [-0.4, -0.2) is 17.0 Å². The van der Waals surface area contributed by atoms with E-state index in [9.17, 15) is 0 Å². The molecule has 0 saturated heterocycles. The number of hydrogen-bond donors (Lipinski definition) is 1. The highest BCUT2D eigenvalue weighted by Gasteiger charge is 2.34. The van der Waals surface area contributed by atoms with Crippen molar-refractivity contribution in [2.45, 2.75) is 58.4 Å². The van der Waals surface area contributed by atoms with E-state index < -0.39 is 0 Å². The third-order valence-corrected chi connectivity index (χ3v) is 4.70. The quantitative estimate of drug-likeness (QED) is 0.703. The van der Waals surface area contributed by atoms with Crippen LogP contribution < -0.4 is 5.73 Å². The van der Waals surface area contributed by atoms with Gasteiger partial charge in [0.1, 0.15) is 0 Å². The fraction of sp³-hybridized carbons (Fsp3) is 1.00. The first-order valence-electron chi connectivity index (χ1n) is 6.39. The molecular formula is C13H27NS. The van der Waals surface area contributed by atoms with E-state index in [0.717, 1.165) is 11.8 Å². The van der Waals surface area contributed by atoms with E-state index in [1.165, 1.54) is 43.6 Å². The first kappa shape index (κ1) is 13.4. The topological polar surface area (TPSA) is 26.0 Å². The van der Waals surface area contributed by atoms with Crippen LogP contribution in [0.15, 0.2) is 0 Å². The highest BCUT2D eigenvalue weighted by Crippen LogP contribution is 2.36. The number of hydrogen-bond acceptors (Lipinski definition) is 2. The molecule has 2 atom stereocenters. The van der Waals surface area contributed by atoms with Crippen molar-refractivity contribution in [1.82, 2.24) is 0 Å². The van der Waals surface area contributed by atoms with Crippen molar-refractivity contribution in [3.8, 4) is 0 Å². The zero-order valence-electron chi connectivity index (χ0n) is 10.6. The van der Waals surface area contributed by atoms with Crippen LogP contribution in [0.2, 0.25) is 0 Å². The van der Waals surface area contributed by atoms with E-state index in [2.05, 4.69) is 32.5 Å². The first-order chi connectivity index (χ1) is 7.02. The molecule has 0 spiro atoms. The van der Waals surface area contributed by atoms with Crippen molar-refractivity contribution in [2.24, 2.45) is 17.6 Å². The second-order valence-electron chi connectivity index (χ2n) is 5.68. The van der Waals surface area contributed by atoms with Gasteiger partial charge < -0.3 is 5.73 Å². The maximum Gasteiger partial charge on any atom is 0.0154 e. The van der Waals surface area contributed by atoms with Crippen molar-refractivity contribution in [3.63, 3.8) is 0 Å². The zero-order chi connectivity index (χ0) is 11.3. The SMILES string of the molecule is CC(C)CCSCC[C@@H]1CCC[C@@]1(C)N. The van der Waals surface area contributed by atoms with Crippen LogP contribution in [0.3, 0.4) is 0 Å². The summed E-state index contributed by atoms with van der Waals surface area (Å²) in [6.45, 7) is 6.84. The van der Waals surface area contributed by atoms with Gasteiger partial charge in [-0.05, 0) is 55.9 Å². The van der Waals surface area contributed by atoms with E-state index in [-0.39, 0.29) is 5.54 Å². The van der Waals surface area contributed by atoms with Gasteiger partial charge in [-0.2, -0.15) is 11.8 Å². The summed E-state index contributed by atoms with van der Waals surface area (Å²) in [6, 6.07) is 0. The van der Waals surface area contributed by atoms with Crippen molar-refractivity contribution >= 4 is 11.8 Å². The maximum atomic E-state index is 6.28. The Balaban J connectivity index is 2.05. The first-order valence-corrected chi connectivity index (χ1v) is 7.54. The molecule has 0 heterocycles. The summed E-state index contributed by atoms with van der Waals surface area (Å²) in [5.74, 6) is 4.27. The van der Waals surface area contributed by atoms with Crippen molar-refractivity contribution in [3.05, 3.63) is 0 Å². The maximum absolute atomic E-state index is 6.28. The molecule has 1 saturated carbocycles. The third-order valence-electron chi connectivity index (χ3n) is 3.65. The van der Waals surface area contributed by atoms with E-state index in [0.29, 0.717) is 0 Å². The summed E-state index contributed by atoms with van der Waals surface area (Å²) in [5.41, 5.74) is 6.41. The van der Waals surface area contributed by atoms with Crippen LogP contribution in [0.25, 0.3) is 0 Å². The van der Waals surface area contributed by atoms with Crippen LogP contribution >= 0.6 is 11.8 Å². The van der Waals surface area contributed by atoms with Crippen LogP contribution in [-0.2, 0) is 0 Å². The molecule has 0 bridgehead atoms. The summed E-state index contributed by atoms with van der Waals surface area (Å²) in [4.78, 5) is 0. The summed E-state index contributed by atoms with van der Waals surface area (Å²) in [7, 11) is 0. The van der Waals surface area contributed by atoms with Gasteiger partial charge >= 0.3 is 0 Å². The summed E-state index contributed by atoms with van der Waals surface area (Å²) < 4.78 is 0. The minimum atomic E-state index is 0.138. The van der Waals surface area contributed by atoms with Crippen LogP contribution in [0.4, 0.5) is 0 Å². The van der Waals surface area contributed by atoms with Crippen LogP contribution in [0.1, 0.15) is 52.9 Å². The largest absolute Gasteiger partial charge is 0.325 e. The van der Waals surface area contributed by atoms with E-state index in [4.69, 9.17) is 5.73 Å². The molecule has 0 aliphatic heterocycles. The molecule has 0 aromatic rings. The van der Waals surface area contributed by atoms with Gasteiger partial charge in [-0.15, -0.1) is 0 Å². The molecule has 0 aromatic carbocycles. The average molecular weight is 229 g/mol. The monoisotopic (exact) mass is 229 g/mol. The highest BCUT2D eigenvalue weighted by atomic mass is 32.2. The molecule has 0 aromatic heterocycles. The van der Waals surface area contributed by atoms with Gasteiger partial charge in [0.25, 0.3) is 0 Å². The minimum absolute atomic E-state index is 0.138. The van der Waals surface area contributed by atoms with Gasteiger partial charge in [-0.25, -0.2) is 0 Å². The lowest BCUT2D eigenvalue weighted by molar-refractivity contribution is 0.339. The number of rotatable bonds is 6. The Morgan fingerprint density at radius 3 is 2.67 bits per heavy atom. The summed E-state index contributed by atoms with van der Waals surface area (Å²) in [5, 5.41) is 0. The fourth-order valence-corrected chi connectivity index (χ4v) is 3.68. The molecule has 2 N–H and O–H groups in total. The number of thioether (sulfide) groups is 1. The van der Waals surface area contributed by atoms with Crippen LogP contribution in [0.5, 0.6) is 0 Å². The van der Waals surface area contributed by atoms with Gasteiger partial charge in [-0.1, -0.05) is 20.3 Å². The molecule has 2 heteroatoms. The van der Waals surface area contributed by atoms with Crippen LogP contribution in [0, 0.1) is 11.8 Å². The lowest BCUT2D eigenvalue weighted by Crippen LogP contribution is -2.40. The standard InChI is InChI=1S/C13H27NS/c1-11(2)6-9-15-10-7-12-5-4-8-13(12,3)14/h11-12H,4-10,14H2,1-3H3/t12-,13+/m0/s1. The smallest absolute Gasteiger partial charge is 0.0154 e. The molecule has 1 aliphatic rings. The summed E-state index contributed by atoms with van der Waals surface area (Å²) in [6.07, 6.45) is 6.62. The molecule has 1 fully saturated rings. The van der Waals surface area contributed by atoms with E-state index >= 15 is 0 Å². The second kappa shape index (κ2) is 6.15. The van der Waals surface area contributed by atoms with Gasteiger partial charge in [0.2, 0.25) is 0 Å². The predicted molar refractivity (Wildman–Crippen MR) is 71.3 cm³/mol. The Labute approximate surface area is 99.6 Å². The van der Waals surface area contributed by atoms with Crippen molar-refractivity contribution < 1.29 is 0 Å². The normalized spacial score (nSPS) is 31.4. The molecule has 15 heavy (non-hydrogen) atoms. The average Bonchev–Trinajstić information content (AvgIpc) is 2.44. The molecule has 0 amide bonds. The van der Waals surface area contributed by atoms with Gasteiger partial charge in [0.15, 0.2) is 0 Å². The molecule has 0 unspecified atom stereocenters. The van der Waals surface area contributed by atoms with E-state index in [1.807, 2.05) is 0 Å². The number of nitrogens with two attached hydrogens (primary N) is 1. The lowest BCUT2D eigenvalue weighted by atomic mass is 9.88. The molecule has 1 rings (SSSR count). The minimum Gasteiger partial charge on any atom is -0.325 e. The van der Waals surface area contributed by atoms with E-state index in [1.54, 1.807) is 0 Å². The Kier molecular flexibility index (Phi) is 5.48. The Bertz CT molecular complexity index is 177. The highest BCUT2D eigenvalue weighted by molar-refractivity contribution is 7.99. The lowest BCUT2D eigenvalue weighted by Gasteiger charge is -2.26. The second-order valence-corrected chi connectivity index (χ2v) is 6.90. The summed E-state index contributed by atoms with van der Waals surface area (Å²) >= 11 is 2.11. The van der Waals surface area contributed by atoms with Gasteiger partial charge in [0.05, 0.1) is 0 Å². The third kappa shape index (κ3) is 4.78. The molecule has 1 nitrogen and oxygen atoms in total. The van der Waals surface area contributed by atoms with Crippen molar-refractivity contribution in [2.75, 3.05) is 11.5 Å². The molecule has 1 aliphatic carbocycles. The molecule has 90 valence electrons. The Morgan fingerprint density at radius 2 is 2.13 bits per heavy atom. The zero-order valence-corrected chi connectivity index (χ0v) is 11.4. The predicted octanol–water partition coefficient (Wildman–Crippen LogP) is 3.67. The molecular weight excluding hydrogens is 202 g/mol. The van der Waals surface area contributed by atoms with Gasteiger partial charge in [-0.3, -0.25) is 0 Å². The molecule has 0 radical (unpaired) electrons. The Morgan fingerprint density at radius 1 is 1.40 bits per heavy atom. The van der Waals surface area contributed by atoms with Crippen molar-refractivity contribution in [1.29, 1.82) is 0 Å². The fourth-order valence-electron chi connectivity index (χ4n) is 2.38. The Hall–Kier alpha value is 0.310. The van der Waals surface area contributed by atoms with Gasteiger partial charge in [0, 0.05) is 5.54 Å².